The van der Waals surface area contributed by atoms with Gasteiger partial charge in [-0.1, -0.05) is 257 Å². The molecule has 74 heavy (non-hydrogen) atoms. The van der Waals surface area contributed by atoms with Gasteiger partial charge in [0.05, 0.1) is 0 Å². The monoisotopic (exact) mass is 1020 g/mol. The van der Waals surface area contributed by atoms with Crippen LogP contribution in [0.15, 0.2) is 134 Å². The fourth-order valence-electron chi connectivity index (χ4n) is 7.94. The van der Waals surface area contributed by atoms with E-state index >= 15 is 0 Å². The first-order valence-corrected chi connectivity index (χ1v) is 30.2. The maximum Gasteiger partial charge on any atom is 0.306 e. The van der Waals surface area contributed by atoms with Gasteiger partial charge >= 0.3 is 17.9 Å². The Balaban J connectivity index is 4.20. The summed E-state index contributed by atoms with van der Waals surface area (Å²) in [6, 6.07) is 0. The fourth-order valence-corrected chi connectivity index (χ4v) is 7.94. The summed E-state index contributed by atoms with van der Waals surface area (Å²) in [5, 5.41) is 0. The first-order chi connectivity index (χ1) is 36.5. The lowest BCUT2D eigenvalue weighted by molar-refractivity contribution is -0.167. The molecule has 418 valence electrons. The zero-order valence-electron chi connectivity index (χ0n) is 47.8. The van der Waals surface area contributed by atoms with Gasteiger partial charge in [-0.05, 0) is 116 Å². The fraction of sp³-hybridized carbons (Fsp3) is 0.632. The van der Waals surface area contributed by atoms with Crippen LogP contribution in [0.1, 0.15) is 258 Å². The van der Waals surface area contributed by atoms with E-state index in [1.54, 1.807) is 0 Å². The molecule has 0 radical (unpaired) electrons. The molecule has 6 nitrogen and oxygen atoms in total. The van der Waals surface area contributed by atoms with Gasteiger partial charge in [-0.2, -0.15) is 0 Å². The Kier molecular flexibility index (Phi) is 57.4. The number of unbranched alkanes of at least 4 members (excludes halogenated alkanes) is 20. The molecule has 0 N–H and O–H groups in total. The van der Waals surface area contributed by atoms with Crippen molar-refractivity contribution in [3.63, 3.8) is 0 Å². The number of rotatable bonds is 53. The van der Waals surface area contributed by atoms with E-state index in [0.717, 1.165) is 141 Å². The maximum absolute atomic E-state index is 12.8. The third-order valence-corrected chi connectivity index (χ3v) is 12.4. The summed E-state index contributed by atoms with van der Waals surface area (Å²) >= 11 is 0. The van der Waals surface area contributed by atoms with Crippen molar-refractivity contribution in [2.24, 2.45) is 0 Å². The van der Waals surface area contributed by atoms with Crippen LogP contribution >= 0.6 is 0 Å². The summed E-state index contributed by atoms with van der Waals surface area (Å²) in [7, 11) is 0. The van der Waals surface area contributed by atoms with E-state index < -0.39 is 6.10 Å². The largest absolute Gasteiger partial charge is 0.462 e. The number of allylic oxidation sites excluding steroid dienone is 22. The van der Waals surface area contributed by atoms with E-state index in [1.807, 2.05) is 0 Å². The SMILES string of the molecule is CC/C=C\C/C=C\C/C=C\C/C=C\C/C=C\C/C=C\CCCCCCCCCCC(=O)OCC(COC(=O)CCCCCCCC)OC(=O)CCCCCCCCC/C=C\C/C=C\C/C=C\C/C=C\C/C=C\CC. The summed E-state index contributed by atoms with van der Waals surface area (Å²) in [6.07, 6.45) is 86.2. The normalized spacial score (nSPS) is 13.1. The number of ether oxygens (including phenoxy) is 3. The average Bonchev–Trinajstić information content (AvgIpc) is 3.40. The summed E-state index contributed by atoms with van der Waals surface area (Å²) in [6.45, 7) is 6.33. The first kappa shape index (κ1) is 69.5. The second kappa shape index (κ2) is 61.1. The third-order valence-electron chi connectivity index (χ3n) is 12.4. The summed E-state index contributed by atoms with van der Waals surface area (Å²) in [4.78, 5) is 38.0. The summed E-state index contributed by atoms with van der Waals surface area (Å²) in [5.74, 6) is -0.920. The van der Waals surface area contributed by atoms with Gasteiger partial charge in [-0.25, -0.2) is 0 Å². The molecule has 0 rings (SSSR count). The number of esters is 3. The zero-order chi connectivity index (χ0) is 53.6. The lowest BCUT2D eigenvalue weighted by Crippen LogP contribution is -2.30. The molecule has 1 atom stereocenters. The van der Waals surface area contributed by atoms with Gasteiger partial charge in [0.2, 0.25) is 0 Å². The van der Waals surface area contributed by atoms with E-state index in [1.165, 1.54) is 77.0 Å². The average molecular weight is 1020 g/mol. The minimum absolute atomic E-state index is 0.0886. The van der Waals surface area contributed by atoms with Crippen molar-refractivity contribution >= 4 is 17.9 Å². The van der Waals surface area contributed by atoms with E-state index in [2.05, 4.69) is 154 Å². The molecular formula is C68H110O6. The Morgan fingerprint density at radius 2 is 0.527 bits per heavy atom. The van der Waals surface area contributed by atoms with Crippen molar-refractivity contribution in [1.29, 1.82) is 0 Å². The predicted molar refractivity (Wildman–Crippen MR) is 320 cm³/mol. The molecule has 0 aliphatic heterocycles. The van der Waals surface area contributed by atoms with Crippen molar-refractivity contribution < 1.29 is 28.6 Å². The van der Waals surface area contributed by atoms with E-state index in [-0.39, 0.29) is 31.1 Å². The van der Waals surface area contributed by atoms with Crippen LogP contribution in [-0.2, 0) is 28.6 Å². The minimum Gasteiger partial charge on any atom is -0.462 e. The standard InChI is InChI=1S/C68H110O6/c1-4-7-10-13-16-18-20-22-24-26-28-30-32-33-34-35-37-38-40-42-44-46-48-50-52-55-58-61-67(70)73-64-65(63-72-66(69)60-57-54-15-12-9-6-3)74-68(71)62-59-56-53-51-49-47-45-43-41-39-36-31-29-27-25-23-21-19-17-14-11-8-5-2/h7-8,10-11,16-19,22-25,28-31,33-34,37-39,41,65H,4-6,9,12-15,20-21,26-27,32,35-36,40,42-64H2,1-3H3/b10-7-,11-8-,18-16-,19-17-,24-22-,25-23-,30-28-,31-29-,34-33-,38-37-,41-39-. The van der Waals surface area contributed by atoms with Gasteiger partial charge < -0.3 is 14.2 Å². The van der Waals surface area contributed by atoms with Crippen LogP contribution in [0.3, 0.4) is 0 Å². The lowest BCUT2D eigenvalue weighted by atomic mass is 10.1. The minimum atomic E-state index is -0.790. The molecule has 1 unspecified atom stereocenters. The predicted octanol–water partition coefficient (Wildman–Crippen LogP) is 20.6. The highest BCUT2D eigenvalue weighted by molar-refractivity contribution is 5.71. The van der Waals surface area contributed by atoms with Crippen LogP contribution in [0.2, 0.25) is 0 Å². The smallest absolute Gasteiger partial charge is 0.306 e. The van der Waals surface area contributed by atoms with Crippen molar-refractivity contribution in [1.82, 2.24) is 0 Å². The van der Waals surface area contributed by atoms with Crippen LogP contribution in [0.4, 0.5) is 0 Å². The van der Waals surface area contributed by atoms with Gasteiger partial charge in [0.15, 0.2) is 6.10 Å². The molecule has 6 heteroatoms. The van der Waals surface area contributed by atoms with Crippen LogP contribution in [0.25, 0.3) is 0 Å². The molecule has 0 aliphatic carbocycles. The van der Waals surface area contributed by atoms with Gasteiger partial charge in [0.25, 0.3) is 0 Å². The lowest BCUT2D eigenvalue weighted by Gasteiger charge is -2.18. The molecule has 0 aliphatic rings. The molecule has 0 spiro atoms. The molecule has 0 fully saturated rings. The Labute approximate surface area is 455 Å². The van der Waals surface area contributed by atoms with E-state index in [0.29, 0.717) is 19.3 Å². The topological polar surface area (TPSA) is 78.9 Å². The molecule has 0 saturated heterocycles. The van der Waals surface area contributed by atoms with Crippen molar-refractivity contribution in [3.8, 4) is 0 Å². The maximum atomic E-state index is 12.8. The van der Waals surface area contributed by atoms with Crippen molar-refractivity contribution in [2.45, 2.75) is 264 Å². The highest BCUT2D eigenvalue weighted by Gasteiger charge is 2.19. The molecular weight excluding hydrogens is 913 g/mol. The number of hydrogen-bond acceptors (Lipinski definition) is 6. The highest BCUT2D eigenvalue weighted by atomic mass is 16.6. The van der Waals surface area contributed by atoms with Crippen molar-refractivity contribution in [3.05, 3.63) is 134 Å². The Morgan fingerprint density at radius 1 is 0.284 bits per heavy atom. The number of hydrogen-bond donors (Lipinski definition) is 0. The van der Waals surface area contributed by atoms with Gasteiger partial charge in [-0.3, -0.25) is 14.4 Å². The number of carbonyl (C=O) groups is 3. The number of carbonyl (C=O) groups excluding carboxylic acids is 3. The van der Waals surface area contributed by atoms with Crippen LogP contribution in [0.5, 0.6) is 0 Å². The van der Waals surface area contributed by atoms with Gasteiger partial charge in [0.1, 0.15) is 13.2 Å². The molecule has 0 amide bonds. The van der Waals surface area contributed by atoms with Crippen LogP contribution in [0, 0.1) is 0 Å². The Morgan fingerprint density at radius 3 is 0.824 bits per heavy atom. The van der Waals surface area contributed by atoms with E-state index in [4.69, 9.17) is 14.2 Å². The zero-order valence-corrected chi connectivity index (χ0v) is 47.8. The molecule has 0 heterocycles. The van der Waals surface area contributed by atoms with E-state index in [9.17, 15) is 14.4 Å². The van der Waals surface area contributed by atoms with Gasteiger partial charge in [0, 0.05) is 19.3 Å². The molecule has 0 aromatic carbocycles. The molecule has 0 bridgehead atoms. The molecule has 0 saturated carbocycles. The van der Waals surface area contributed by atoms with Crippen molar-refractivity contribution in [2.75, 3.05) is 13.2 Å². The quantitative estimate of drug-likeness (QED) is 0.0261. The molecule has 0 aromatic heterocycles. The second-order valence-electron chi connectivity index (χ2n) is 19.5. The first-order valence-electron chi connectivity index (χ1n) is 30.2. The van der Waals surface area contributed by atoms with Gasteiger partial charge in [-0.15, -0.1) is 0 Å². The Hall–Kier alpha value is -4.45. The molecule has 0 aromatic rings. The third kappa shape index (κ3) is 58.4. The van der Waals surface area contributed by atoms with Crippen LogP contribution in [-0.4, -0.2) is 37.2 Å². The Bertz CT molecular complexity index is 1600. The van der Waals surface area contributed by atoms with Crippen LogP contribution < -0.4 is 0 Å². The highest BCUT2D eigenvalue weighted by Crippen LogP contribution is 2.14. The summed E-state index contributed by atoms with van der Waals surface area (Å²) < 4.78 is 16.8. The second-order valence-corrected chi connectivity index (χ2v) is 19.5. The summed E-state index contributed by atoms with van der Waals surface area (Å²) in [5.41, 5.74) is 0.